The van der Waals surface area contributed by atoms with Crippen molar-refractivity contribution in [3.05, 3.63) is 11.3 Å². The van der Waals surface area contributed by atoms with Gasteiger partial charge < -0.3 is 9.47 Å². The van der Waals surface area contributed by atoms with Crippen LogP contribution in [0.15, 0.2) is 11.3 Å². The molecule has 94 valence electrons. The van der Waals surface area contributed by atoms with E-state index in [4.69, 9.17) is 9.47 Å². The first-order valence-electron chi connectivity index (χ1n) is 6.73. The maximum absolute atomic E-state index is 5.60. The number of rotatable bonds is 8. The first-order valence-corrected chi connectivity index (χ1v) is 6.73. The highest BCUT2D eigenvalue weighted by molar-refractivity contribution is 5.08. The van der Waals surface area contributed by atoms with E-state index in [0.717, 1.165) is 38.4 Å². The number of allylic oxidation sites excluding steroid dienone is 2. The van der Waals surface area contributed by atoms with E-state index in [1.165, 1.54) is 37.7 Å². The zero-order valence-corrected chi connectivity index (χ0v) is 10.9. The zero-order valence-electron chi connectivity index (χ0n) is 10.9. The van der Waals surface area contributed by atoms with Crippen molar-refractivity contribution in [2.45, 2.75) is 58.8 Å². The second-order valence-electron chi connectivity index (χ2n) is 4.53. The average Bonchev–Trinajstić information content (AvgIpc) is 2.30. The molecule has 0 N–H and O–H groups in total. The van der Waals surface area contributed by atoms with E-state index >= 15 is 0 Å². The maximum Gasteiger partial charge on any atom is 0.0920 e. The van der Waals surface area contributed by atoms with Crippen LogP contribution in [0.25, 0.3) is 0 Å². The van der Waals surface area contributed by atoms with Crippen LogP contribution in [0, 0.1) is 0 Å². The van der Waals surface area contributed by atoms with Gasteiger partial charge in [-0.25, -0.2) is 0 Å². The van der Waals surface area contributed by atoms with Crippen LogP contribution in [0.2, 0.25) is 0 Å². The molecule has 1 aliphatic heterocycles. The summed E-state index contributed by atoms with van der Waals surface area (Å²) >= 11 is 0. The molecule has 2 heteroatoms. The molecule has 0 bridgehead atoms. The normalized spacial score (nSPS) is 16.4. The van der Waals surface area contributed by atoms with Gasteiger partial charge in [-0.2, -0.15) is 0 Å². The Hall–Kier alpha value is -0.500. The molecule has 0 saturated carbocycles. The molecular weight excluding hydrogens is 200 g/mol. The summed E-state index contributed by atoms with van der Waals surface area (Å²) in [6, 6.07) is 0. The minimum atomic E-state index is 0.903. The molecule has 0 atom stereocenters. The van der Waals surface area contributed by atoms with E-state index in [0.29, 0.717) is 0 Å². The second kappa shape index (κ2) is 8.63. The fourth-order valence-corrected chi connectivity index (χ4v) is 2.03. The van der Waals surface area contributed by atoms with E-state index in [9.17, 15) is 0 Å². The number of hydrogen-bond acceptors (Lipinski definition) is 2. The van der Waals surface area contributed by atoms with Gasteiger partial charge in [0.25, 0.3) is 0 Å². The Bertz CT molecular complexity index is 209. The van der Waals surface area contributed by atoms with Crippen LogP contribution < -0.4 is 0 Å². The molecule has 0 aromatic carbocycles. The third-order valence-corrected chi connectivity index (χ3v) is 3.10. The lowest BCUT2D eigenvalue weighted by atomic mass is 10.0. The SMILES string of the molecule is CCCCCOCCCC1=C(C)OCCC1. The van der Waals surface area contributed by atoms with Crippen molar-refractivity contribution in [1.82, 2.24) is 0 Å². The van der Waals surface area contributed by atoms with Crippen molar-refractivity contribution in [1.29, 1.82) is 0 Å². The largest absolute Gasteiger partial charge is 0.498 e. The van der Waals surface area contributed by atoms with Gasteiger partial charge >= 0.3 is 0 Å². The molecule has 1 heterocycles. The first kappa shape index (κ1) is 13.6. The van der Waals surface area contributed by atoms with Crippen molar-refractivity contribution < 1.29 is 9.47 Å². The van der Waals surface area contributed by atoms with Gasteiger partial charge in [0.1, 0.15) is 0 Å². The fourth-order valence-electron chi connectivity index (χ4n) is 2.03. The van der Waals surface area contributed by atoms with Crippen LogP contribution >= 0.6 is 0 Å². The van der Waals surface area contributed by atoms with Crippen LogP contribution in [0.1, 0.15) is 58.8 Å². The Kier molecular flexibility index (Phi) is 7.32. The summed E-state index contributed by atoms with van der Waals surface area (Å²) in [4.78, 5) is 0. The van der Waals surface area contributed by atoms with Crippen LogP contribution in [-0.2, 0) is 9.47 Å². The van der Waals surface area contributed by atoms with Crippen molar-refractivity contribution in [2.24, 2.45) is 0 Å². The molecule has 0 fully saturated rings. The van der Waals surface area contributed by atoms with Crippen LogP contribution in [0.5, 0.6) is 0 Å². The van der Waals surface area contributed by atoms with Crippen LogP contribution in [0.3, 0.4) is 0 Å². The molecular formula is C14H26O2. The van der Waals surface area contributed by atoms with Gasteiger partial charge in [0, 0.05) is 13.2 Å². The van der Waals surface area contributed by atoms with Gasteiger partial charge in [-0.05, 0) is 44.6 Å². The molecule has 1 rings (SSSR count). The van der Waals surface area contributed by atoms with Gasteiger partial charge in [-0.1, -0.05) is 19.8 Å². The molecule has 0 amide bonds. The summed E-state index contributed by atoms with van der Waals surface area (Å²) < 4.78 is 11.1. The van der Waals surface area contributed by atoms with Crippen LogP contribution in [-0.4, -0.2) is 19.8 Å². The summed E-state index contributed by atoms with van der Waals surface area (Å²) in [6.45, 7) is 7.06. The lowest BCUT2D eigenvalue weighted by molar-refractivity contribution is 0.126. The highest BCUT2D eigenvalue weighted by Crippen LogP contribution is 2.22. The van der Waals surface area contributed by atoms with Gasteiger partial charge in [0.05, 0.1) is 12.4 Å². The lowest BCUT2D eigenvalue weighted by Gasteiger charge is -2.18. The van der Waals surface area contributed by atoms with E-state index in [-0.39, 0.29) is 0 Å². The molecule has 2 nitrogen and oxygen atoms in total. The fraction of sp³-hybridized carbons (Fsp3) is 0.857. The molecule has 16 heavy (non-hydrogen) atoms. The highest BCUT2D eigenvalue weighted by Gasteiger charge is 2.09. The van der Waals surface area contributed by atoms with E-state index < -0.39 is 0 Å². The predicted molar refractivity (Wildman–Crippen MR) is 67.5 cm³/mol. The minimum absolute atomic E-state index is 0.903. The Balaban J connectivity index is 1.98. The summed E-state index contributed by atoms with van der Waals surface area (Å²) in [6.07, 6.45) is 8.47. The zero-order chi connectivity index (χ0) is 11.6. The van der Waals surface area contributed by atoms with Crippen molar-refractivity contribution in [3.63, 3.8) is 0 Å². The number of hydrogen-bond donors (Lipinski definition) is 0. The predicted octanol–water partition coefficient (Wildman–Crippen LogP) is 4.06. The van der Waals surface area contributed by atoms with E-state index in [2.05, 4.69) is 13.8 Å². The lowest BCUT2D eigenvalue weighted by Crippen LogP contribution is -2.06. The third-order valence-electron chi connectivity index (χ3n) is 3.10. The minimum Gasteiger partial charge on any atom is -0.498 e. The number of ether oxygens (including phenoxy) is 2. The maximum atomic E-state index is 5.60. The Morgan fingerprint density at radius 3 is 2.75 bits per heavy atom. The second-order valence-corrected chi connectivity index (χ2v) is 4.53. The quantitative estimate of drug-likeness (QED) is 0.581. The molecule has 0 aliphatic carbocycles. The molecule has 0 aromatic rings. The first-order chi connectivity index (χ1) is 7.84. The molecule has 1 aliphatic rings. The highest BCUT2D eigenvalue weighted by atomic mass is 16.5. The van der Waals surface area contributed by atoms with Crippen molar-refractivity contribution in [3.8, 4) is 0 Å². The van der Waals surface area contributed by atoms with Crippen molar-refractivity contribution in [2.75, 3.05) is 19.8 Å². The monoisotopic (exact) mass is 226 g/mol. The topological polar surface area (TPSA) is 18.5 Å². The van der Waals surface area contributed by atoms with Gasteiger partial charge in [0.2, 0.25) is 0 Å². The van der Waals surface area contributed by atoms with Crippen molar-refractivity contribution >= 4 is 0 Å². The Morgan fingerprint density at radius 1 is 1.19 bits per heavy atom. The molecule has 0 unspecified atom stereocenters. The Labute approximate surface area is 100 Å². The molecule has 0 saturated heterocycles. The van der Waals surface area contributed by atoms with Gasteiger partial charge in [0.15, 0.2) is 0 Å². The Morgan fingerprint density at radius 2 is 2.00 bits per heavy atom. The third kappa shape index (κ3) is 5.55. The van der Waals surface area contributed by atoms with E-state index in [1.54, 1.807) is 0 Å². The van der Waals surface area contributed by atoms with Gasteiger partial charge in [-0.3, -0.25) is 0 Å². The number of unbranched alkanes of at least 4 members (excludes halogenated alkanes) is 2. The summed E-state index contributed by atoms with van der Waals surface area (Å²) in [5.74, 6) is 1.16. The summed E-state index contributed by atoms with van der Waals surface area (Å²) in [7, 11) is 0. The summed E-state index contributed by atoms with van der Waals surface area (Å²) in [5.41, 5.74) is 1.50. The van der Waals surface area contributed by atoms with Gasteiger partial charge in [-0.15, -0.1) is 0 Å². The smallest absolute Gasteiger partial charge is 0.0920 e. The molecule has 0 aromatic heterocycles. The molecule has 0 radical (unpaired) electrons. The average molecular weight is 226 g/mol. The van der Waals surface area contributed by atoms with Crippen LogP contribution in [0.4, 0.5) is 0 Å². The molecule has 0 spiro atoms. The van der Waals surface area contributed by atoms with E-state index in [1.807, 2.05) is 0 Å². The standard InChI is InChI=1S/C14H26O2/c1-3-4-5-10-15-11-6-8-14-9-7-12-16-13(14)2/h3-12H2,1-2H3. The summed E-state index contributed by atoms with van der Waals surface area (Å²) in [5, 5.41) is 0.